The highest BCUT2D eigenvalue weighted by Crippen LogP contribution is 2.25. The molecule has 18 heavy (non-hydrogen) atoms. The Balaban J connectivity index is 2.12. The van der Waals surface area contributed by atoms with Crippen LogP contribution in [0.25, 0.3) is 0 Å². The molecule has 0 saturated carbocycles. The zero-order valence-electron chi connectivity index (χ0n) is 8.91. The van der Waals surface area contributed by atoms with Gasteiger partial charge in [-0.1, -0.05) is 23.2 Å². The van der Waals surface area contributed by atoms with E-state index in [-0.39, 0.29) is 40.5 Å². The SMILES string of the molecule is O=C1CCC(C(=O)Nc2ncnc(Cl)c2Cl)=NN1. The van der Waals surface area contributed by atoms with Crippen LogP contribution < -0.4 is 10.7 Å². The van der Waals surface area contributed by atoms with E-state index in [1.165, 1.54) is 6.33 Å². The molecule has 0 unspecified atom stereocenters. The topological polar surface area (TPSA) is 96.3 Å². The van der Waals surface area contributed by atoms with Crippen molar-refractivity contribution in [3.8, 4) is 0 Å². The highest BCUT2D eigenvalue weighted by atomic mass is 35.5. The van der Waals surface area contributed by atoms with E-state index in [1.807, 2.05) is 0 Å². The van der Waals surface area contributed by atoms with Crippen LogP contribution in [0.5, 0.6) is 0 Å². The molecular weight excluding hydrogens is 281 g/mol. The van der Waals surface area contributed by atoms with Crippen molar-refractivity contribution in [2.24, 2.45) is 5.10 Å². The lowest BCUT2D eigenvalue weighted by Crippen LogP contribution is -2.33. The number of carbonyl (C=O) groups excluding carboxylic acids is 2. The fraction of sp³-hybridized carbons (Fsp3) is 0.222. The Labute approximate surface area is 112 Å². The number of anilines is 1. The summed E-state index contributed by atoms with van der Waals surface area (Å²) in [6.45, 7) is 0. The standard InChI is InChI=1S/C9H7Cl2N5O2/c10-6-7(11)12-3-13-8(6)14-9(18)4-1-2-5(17)16-15-4/h3H,1-2H2,(H,16,17)(H,12,13,14,18). The van der Waals surface area contributed by atoms with E-state index < -0.39 is 5.91 Å². The number of aromatic nitrogens is 2. The molecule has 2 rings (SSSR count). The fourth-order valence-corrected chi connectivity index (χ4v) is 1.53. The molecule has 0 atom stereocenters. The minimum Gasteiger partial charge on any atom is -0.304 e. The minimum absolute atomic E-state index is 0.0425. The first-order valence-corrected chi connectivity index (χ1v) is 5.66. The van der Waals surface area contributed by atoms with Gasteiger partial charge in [0.15, 0.2) is 11.0 Å². The van der Waals surface area contributed by atoms with Crippen LogP contribution in [0, 0.1) is 0 Å². The maximum absolute atomic E-state index is 11.8. The quantitative estimate of drug-likeness (QED) is 0.793. The first kappa shape index (κ1) is 12.7. The highest BCUT2D eigenvalue weighted by Gasteiger charge is 2.20. The Morgan fingerprint density at radius 3 is 2.78 bits per heavy atom. The lowest BCUT2D eigenvalue weighted by atomic mass is 10.1. The molecular formula is C9H7Cl2N5O2. The number of rotatable bonds is 2. The number of hydrogen-bond acceptors (Lipinski definition) is 5. The summed E-state index contributed by atoms with van der Waals surface area (Å²) in [6, 6.07) is 0. The first-order valence-electron chi connectivity index (χ1n) is 4.90. The predicted octanol–water partition coefficient (Wildman–Crippen LogP) is 0.988. The molecule has 0 radical (unpaired) electrons. The number of nitrogens with zero attached hydrogens (tertiary/aromatic N) is 3. The Kier molecular flexibility index (Phi) is 3.73. The average Bonchev–Trinajstić information content (AvgIpc) is 2.36. The van der Waals surface area contributed by atoms with Gasteiger partial charge < -0.3 is 5.32 Å². The van der Waals surface area contributed by atoms with Gasteiger partial charge in [-0.3, -0.25) is 9.59 Å². The molecule has 2 heterocycles. The van der Waals surface area contributed by atoms with Gasteiger partial charge in [-0.05, 0) is 0 Å². The van der Waals surface area contributed by atoms with Gasteiger partial charge in [0, 0.05) is 12.8 Å². The molecule has 0 fully saturated rings. The van der Waals surface area contributed by atoms with Crippen molar-refractivity contribution >= 4 is 46.5 Å². The lowest BCUT2D eigenvalue weighted by Gasteiger charge is -2.12. The summed E-state index contributed by atoms with van der Waals surface area (Å²) in [5.74, 6) is -0.623. The van der Waals surface area contributed by atoms with Gasteiger partial charge in [-0.25, -0.2) is 15.4 Å². The summed E-state index contributed by atoms with van der Waals surface area (Å²) in [5, 5.41) is 6.18. The molecule has 0 saturated heterocycles. The van der Waals surface area contributed by atoms with Gasteiger partial charge in [-0.2, -0.15) is 5.10 Å². The van der Waals surface area contributed by atoms with Crippen LogP contribution >= 0.6 is 23.2 Å². The summed E-state index contributed by atoms with van der Waals surface area (Å²) in [4.78, 5) is 30.1. The van der Waals surface area contributed by atoms with Crippen molar-refractivity contribution in [3.63, 3.8) is 0 Å². The monoisotopic (exact) mass is 287 g/mol. The number of carbonyl (C=O) groups is 2. The second kappa shape index (κ2) is 5.28. The van der Waals surface area contributed by atoms with E-state index in [1.54, 1.807) is 0 Å². The number of nitrogens with one attached hydrogen (secondary N) is 2. The molecule has 1 aliphatic rings. The van der Waals surface area contributed by atoms with Gasteiger partial charge in [0.2, 0.25) is 5.91 Å². The van der Waals surface area contributed by atoms with Gasteiger partial charge >= 0.3 is 0 Å². The van der Waals surface area contributed by atoms with E-state index in [0.717, 1.165) is 0 Å². The Bertz CT molecular complexity index is 546. The van der Waals surface area contributed by atoms with E-state index in [9.17, 15) is 9.59 Å². The molecule has 0 aliphatic carbocycles. The number of hydrazone groups is 1. The van der Waals surface area contributed by atoms with Crippen LogP contribution in [0.1, 0.15) is 12.8 Å². The first-order chi connectivity index (χ1) is 8.58. The highest BCUT2D eigenvalue weighted by molar-refractivity contribution is 6.46. The van der Waals surface area contributed by atoms with E-state index in [0.29, 0.717) is 0 Å². The summed E-state index contributed by atoms with van der Waals surface area (Å²) in [5.41, 5.74) is 2.42. The average molecular weight is 288 g/mol. The van der Waals surface area contributed by atoms with Gasteiger partial charge in [0.1, 0.15) is 17.1 Å². The van der Waals surface area contributed by atoms with Crippen molar-refractivity contribution in [3.05, 3.63) is 16.5 Å². The Morgan fingerprint density at radius 1 is 1.33 bits per heavy atom. The summed E-state index contributed by atoms with van der Waals surface area (Å²) >= 11 is 11.5. The van der Waals surface area contributed by atoms with Crippen LogP contribution in [0.4, 0.5) is 5.82 Å². The fourth-order valence-electron chi connectivity index (χ4n) is 1.25. The summed E-state index contributed by atoms with van der Waals surface area (Å²) < 4.78 is 0. The molecule has 2 amide bonds. The summed E-state index contributed by atoms with van der Waals surface area (Å²) in [6.07, 6.45) is 1.65. The third kappa shape index (κ3) is 2.74. The van der Waals surface area contributed by atoms with Crippen LogP contribution in [-0.4, -0.2) is 27.5 Å². The third-order valence-electron chi connectivity index (χ3n) is 2.15. The van der Waals surface area contributed by atoms with Crippen LogP contribution in [-0.2, 0) is 9.59 Å². The normalized spacial score (nSPS) is 14.8. The molecule has 94 valence electrons. The van der Waals surface area contributed by atoms with Crippen LogP contribution in [0.2, 0.25) is 10.2 Å². The van der Waals surface area contributed by atoms with E-state index in [4.69, 9.17) is 23.2 Å². The van der Waals surface area contributed by atoms with Crippen molar-refractivity contribution in [2.45, 2.75) is 12.8 Å². The van der Waals surface area contributed by atoms with Crippen LogP contribution in [0.15, 0.2) is 11.4 Å². The Morgan fingerprint density at radius 2 is 2.11 bits per heavy atom. The van der Waals surface area contributed by atoms with Crippen molar-refractivity contribution < 1.29 is 9.59 Å². The van der Waals surface area contributed by atoms with Gasteiger partial charge in [-0.15, -0.1) is 0 Å². The molecule has 1 aliphatic heterocycles. The van der Waals surface area contributed by atoms with Crippen LogP contribution in [0.3, 0.4) is 0 Å². The number of hydrogen-bond donors (Lipinski definition) is 2. The second-order valence-corrected chi connectivity index (χ2v) is 4.11. The predicted molar refractivity (Wildman–Crippen MR) is 65.5 cm³/mol. The van der Waals surface area contributed by atoms with Crippen molar-refractivity contribution in [1.82, 2.24) is 15.4 Å². The largest absolute Gasteiger partial charge is 0.304 e. The molecule has 0 aromatic carbocycles. The molecule has 1 aromatic rings. The zero-order valence-corrected chi connectivity index (χ0v) is 10.4. The van der Waals surface area contributed by atoms with E-state index in [2.05, 4.69) is 25.8 Å². The molecule has 0 spiro atoms. The maximum atomic E-state index is 11.8. The van der Waals surface area contributed by atoms with E-state index >= 15 is 0 Å². The lowest BCUT2D eigenvalue weighted by molar-refractivity contribution is -0.121. The van der Waals surface area contributed by atoms with Gasteiger partial charge in [0.25, 0.3) is 5.91 Å². The third-order valence-corrected chi connectivity index (χ3v) is 2.89. The molecule has 7 nitrogen and oxygen atoms in total. The molecule has 9 heteroatoms. The Hall–Kier alpha value is -1.73. The summed E-state index contributed by atoms with van der Waals surface area (Å²) in [7, 11) is 0. The smallest absolute Gasteiger partial charge is 0.273 e. The second-order valence-electron chi connectivity index (χ2n) is 3.37. The van der Waals surface area contributed by atoms with Crippen molar-refractivity contribution in [1.29, 1.82) is 0 Å². The molecule has 0 bridgehead atoms. The maximum Gasteiger partial charge on any atom is 0.273 e. The minimum atomic E-state index is -0.494. The molecule has 2 N–H and O–H groups in total. The number of halogens is 2. The molecule has 1 aromatic heterocycles. The number of amides is 2. The van der Waals surface area contributed by atoms with Crippen molar-refractivity contribution in [2.75, 3.05) is 5.32 Å². The van der Waals surface area contributed by atoms with Gasteiger partial charge in [0.05, 0.1) is 0 Å². The zero-order chi connectivity index (χ0) is 13.1.